The number of carbonyl (C=O) groups is 1. The predicted octanol–water partition coefficient (Wildman–Crippen LogP) is 3.87. The number of Topliss-reactive ketones (excluding diaryl/α,β-unsaturated/α-hetero) is 1. The lowest BCUT2D eigenvalue weighted by molar-refractivity contribution is 0.0988. The molecule has 0 atom stereocenters. The summed E-state index contributed by atoms with van der Waals surface area (Å²) in [7, 11) is 0. The molecule has 0 heterocycles. The first-order chi connectivity index (χ1) is 8.29. The fourth-order valence-corrected chi connectivity index (χ4v) is 1.84. The first-order valence-corrected chi connectivity index (χ1v) is 5.95. The normalized spacial score (nSPS) is 10.2. The van der Waals surface area contributed by atoms with Gasteiger partial charge in [-0.05, 0) is 17.5 Å². The van der Waals surface area contributed by atoms with E-state index < -0.39 is 0 Å². The van der Waals surface area contributed by atoms with Gasteiger partial charge in [-0.1, -0.05) is 61.5 Å². The fraction of sp³-hybridized carbons (Fsp3) is 0.188. The van der Waals surface area contributed by atoms with Crippen molar-refractivity contribution >= 4 is 5.78 Å². The summed E-state index contributed by atoms with van der Waals surface area (Å²) in [6, 6.07) is 18.3. The van der Waals surface area contributed by atoms with Gasteiger partial charge >= 0.3 is 0 Å². The number of hydrogen-bond acceptors (Lipinski definition) is 1. The molecule has 0 aromatic heterocycles. The molecule has 0 bridgehead atoms. The van der Waals surface area contributed by atoms with Crippen molar-refractivity contribution in [3.05, 3.63) is 71.3 Å². The molecular weight excluding hydrogens is 208 g/mol. The highest BCUT2D eigenvalue weighted by molar-refractivity contribution is 5.95. The second kappa shape index (κ2) is 5.44. The van der Waals surface area contributed by atoms with Crippen LogP contribution in [0.1, 0.15) is 34.8 Å². The van der Waals surface area contributed by atoms with E-state index in [-0.39, 0.29) is 5.78 Å². The maximum atomic E-state index is 11.5. The maximum absolute atomic E-state index is 11.5. The molecule has 0 fully saturated rings. The van der Waals surface area contributed by atoms with Gasteiger partial charge in [-0.25, -0.2) is 0 Å². The zero-order chi connectivity index (χ0) is 12.1. The molecule has 0 unspecified atom stereocenters. The van der Waals surface area contributed by atoms with Gasteiger partial charge < -0.3 is 0 Å². The Balaban J connectivity index is 2.11. The molecule has 0 radical (unpaired) electrons. The smallest absolute Gasteiger partial charge is 0.162 e. The number of rotatable bonds is 4. The minimum absolute atomic E-state index is 0.205. The summed E-state index contributed by atoms with van der Waals surface area (Å²) < 4.78 is 0. The van der Waals surface area contributed by atoms with E-state index in [0.29, 0.717) is 6.42 Å². The van der Waals surface area contributed by atoms with E-state index in [9.17, 15) is 4.79 Å². The Labute approximate surface area is 102 Å². The zero-order valence-electron chi connectivity index (χ0n) is 10.0. The highest BCUT2D eigenvalue weighted by Gasteiger charge is 2.02. The molecule has 0 aliphatic heterocycles. The molecular formula is C16H16O. The SMILES string of the molecule is CCC(=O)c1ccc(Cc2ccccc2)cc1. The van der Waals surface area contributed by atoms with Crippen LogP contribution in [0.5, 0.6) is 0 Å². The molecule has 0 aliphatic rings. The third-order valence-electron chi connectivity index (χ3n) is 2.85. The van der Waals surface area contributed by atoms with Crippen LogP contribution in [-0.4, -0.2) is 5.78 Å². The molecule has 17 heavy (non-hydrogen) atoms. The average molecular weight is 224 g/mol. The van der Waals surface area contributed by atoms with Crippen LogP contribution in [0.3, 0.4) is 0 Å². The quantitative estimate of drug-likeness (QED) is 0.720. The lowest BCUT2D eigenvalue weighted by Gasteiger charge is -2.03. The van der Waals surface area contributed by atoms with Gasteiger partial charge in [0.25, 0.3) is 0 Å². The van der Waals surface area contributed by atoms with E-state index in [1.807, 2.05) is 49.4 Å². The van der Waals surface area contributed by atoms with Gasteiger partial charge in [0.2, 0.25) is 0 Å². The molecule has 1 nitrogen and oxygen atoms in total. The van der Waals surface area contributed by atoms with Crippen molar-refractivity contribution < 1.29 is 4.79 Å². The van der Waals surface area contributed by atoms with Gasteiger partial charge in [0.05, 0.1) is 0 Å². The van der Waals surface area contributed by atoms with E-state index in [0.717, 1.165) is 12.0 Å². The second-order valence-electron chi connectivity index (χ2n) is 4.14. The van der Waals surface area contributed by atoms with Gasteiger partial charge in [-0.15, -0.1) is 0 Å². The Morgan fingerprint density at radius 1 is 0.882 bits per heavy atom. The summed E-state index contributed by atoms with van der Waals surface area (Å²) in [6.45, 7) is 1.89. The molecule has 2 aromatic rings. The first kappa shape index (κ1) is 11.6. The van der Waals surface area contributed by atoms with Gasteiger partial charge in [0.15, 0.2) is 5.78 Å². The summed E-state index contributed by atoms with van der Waals surface area (Å²) >= 11 is 0. The molecule has 2 rings (SSSR count). The molecule has 0 amide bonds. The minimum atomic E-state index is 0.205. The van der Waals surface area contributed by atoms with Crippen LogP contribution in [0.4, 0.5) is 0 Å². The Morgan fingerprint density at radius 2 is 1.47 bits per heavy atom. The molecule has 0 saturated heterocycles. The molecule has 1 heteroatoms. The van der Waals surface area contributed by atoms with Crippen LogP contribution >= 0.6 is 0 Å². The van der Waals surface area contributed by atoms with Crippen LogP contribution in [0.2, 0.25) is 0 Å². The van der Waals surface area contributed by atoms with Gasteiger partial charge in [0, 0.05) is 12.0 Å². The van der Waals surface area contributed by atoms with Crippen molar-refractivity contribution in [1.82, 2.24) is 0 Å². The van der Waals surface area contributed by atoms with E-state index in [1.165, 1.54) is 11.1 Å². The molecule has 0 aliphatic carbocycles. The van der Waals surface area contributed by atoms with Crippen LogP contribution in [0.15, 0.2) is 54.6 Å². The summed E-state index contributed by atoms with van der Waals surface area (Å²) in [6.07, 6.45) is 1.49. The number of hydrogen-bond donors (Lipinski definition) is 0. The van der Waals surface area contributed by atoms with E-state index in [4.69, 9.17) is 0 Å². The van der Waals surface area contributed by atoms with Crippen molar-refractivity contribution in [3.8, 4) is 0 Å². The fourth-order valence-electron chi connectivity index (χ4n) is 1.84. The Morgan fingerprint density at radius 3 is 2.06 bits per heavy atom. The second-order valence-corrected chi connectivity index (χ2v) is 4.14. The third-order valence-corrected chi connectivity index (χ3v) is 2.85. The highest BCUT2D eigenvalue weighted by atomic mass is 16.1. The molecule has 0 spiro atoms. The van der Waals surface area contributed by atoms with Crippen molar-refractivity contribution in [3.63, 3.8) is 0 Å². The maximum Gasteiger partial charge on any atom is 0.162 e. The molecule has 0 N–H and O–H groups in total. The van der Waals surface area contributed by atoms with Crippen molar-refractivity contribution in [2.24, 2.45) is 0 Å². The lowest BCUT2D eigenvalue weighted by atomic mass is 10.0. The highest BCUT2D eigenvalue weighted by Crippen LogP contribution is 2.11. The standard InChI is InChI=1S/C16H16O/c1-2-16(17)15-10-8-14(9-11-15)12-13-6-4-3-5-7-13/h3-11H,2,12H2,1H3. The summed E-state index contributed by atoms with van der Waals surface area (Å²) in [5.74, 6) is 0.205. The number of benzene rings is 2. The molecule has 86 valence electrons. The monoisotopic (exact) mass is 224 g/mol. The van der Waals surface area contributed by atoms with E-state index in [2.05, 4.69) is 12.1 Å². The van der Waals surface area contributed by atoms with Crippen LogP contribution in [-0.2, 0) is 6.42 Å². The van der Waals surface area contributed by atoms with Gasteiger partial charge in [-0.2, -0.15) is 0 Å². The zero-order valence-corrected chi connectivity index (χ0v) is 10.0. The van der Waals surface area contributed by atoms with Gasteiger partial charge in [0.1, 0.15) is 0 Å². The number of carbonyl (C=O) groups excluding carboxylic acids is 1. The van der Waals surface area contributed by atoms with Gasteiger partial charge in [-0.3, -0.25) is 4.79 Å². The Bertz CT molecular complexity index is 483. The topological polar surface area (TPSA) is 17.1 Å². The summed E-state index contributed by atoms with van der Waals surface area (Å²) in [4.78, 5) is 11.5. The average Bonchev–Trinajstić information content (AvgIpc) is 2.40. The van der Waals surface area contributed by atoms with Crippen molar-refractivity contribution in [1.29, 1.82) is 0 Å². The third kappa shape index (κ3) is 3.04. The Kier molecular flexibility index (Phi) is 3.71. The molecule has 2 aromatic carbocycles. The largest absolute Gasteiger partial charge is 0.294 e. The van der Waals surface area contributed by atoms with E-state index in [1.54, 1.807) is 0 Å². The van der Waals surface area contributed by atoms with Crippen molar-refractivity contribution in [2.45, 2.75) is 19.8 Å². The predicted molar refractivity (Wildman–Crippen MR) is 70.3 cm³/mol. The van der Waals surface area contributed by atoms with E-state index >= 15 is 0 Å². The van der Waals surface area contributed by atoms with Crippen molar-refractivity contribution in [2.75, 3.05) is 0 Å². The lowest BCUT2D eigenvalue weighted by Crippen LogP contribution is -1.96. The summed E-state index contributed by atoms with van der Waals surface area (Å²) in [5.41, 5.74) is 3.34. The summed E-state index contributed by atoms with van der Waals surface area (Å²) in [5, 5.41) is 0. The Hall–Kier alpha value is -1.89. The van der Waals surface area contributed by atoms with Crippen LogP contribution in [0, 0.1) is 0 Å². The van der Waals surface area contributed by atoms with Crippen LogP contribution in [0.25, 0.3) is 0 Å². The first-order valence-electron chi connectivity index (χ1n) is 5.95. The molecule has 0 saturated carbocycles. The van der Waals surface area contributed by atoms with Crippen LogP contribution < -0.4 is 0 Å². The number of ketones is 1. The minimum Gasteiger partial charge on any atom is -0.294 e.